The Labute approximate surface area is 154 Å². The molecule has 0 aromatic heterocycles. The van der Waals surface area contributed by atoms with Gasteiger partial charge in [0.1, 0.15) is 11.5 Å². The van der Waals surface area contributed by atoms with Crippen molar-refractivity contribution in [3.63, 3.8) is 0 Å². The van der Waals surface area contributed by atoms with Gasteiger partial charge in [0.15, 0.2) is 0 Å². The lowest BCUT2D eigenvalue weighted by molar-refractivity contribution is -0.274. The fourth-order valence-electron chi connectivity index (χ4n) is 2.32. The van der Waals surface area contributed by atoms with Crippen LogP contribution in [0.3, 0.4) is 0 Å². The molecule has 0 saturated carbocycles. The van der Waals surface area contributed by atoms with E-state index in [1.165, 1.54) is 30.3 Å². The van der Waals surface area contributed by atoms with Crippen molar-refractivity contribution in [2.24, 2.45) is 0 Å². The van der Waals surface area contributed by atoms with Gasteiger partial charge >= 0.3 is 12.3 Å². The Balaban J connectivity index is 2.36. The van der Waals surface area contributed by atoms with Crippen molar-refractivity contribution in [2.75, 3.05) is 6.61 Å². The van der Waals surface area contributed by atoms with Gasteiger partial charge in [0.2, 0.25) is 0 Å². The average Bonchev–Trinajstić information content (AvgIpc) is 2.59. The highest BCUT2D eigenvalue weighted by Crippen LogP contribution is 2.29. The molecule has 0 fully saturated rings. The quantitative estimate of drug-likeness (QED) is 0.541. The molecule has 0 aliphatic carbocycles. The zero-order chi connectivity index (χ0) is 19.9. The maximum absolute atomic E-state index is 12.3. The number of ether oxygens (including phenoxy) is 2. The molecule has 1 N–H and O–H groups in total. The third kappa shape index (κ3) is 6.54. The van der Waals surface area contributed by atoms with Crippen LogP contribution in [-0.4, -0.2) is 24.0 Å². The smallest absolute Gasteiger partial charge is 0.494 e. The van der Waals surface area contributed by atoms with E-state index in [4.69, 9.17) is 9.84 Å². The molecule has 0 heterocycles. The third-order valence-corrected chi connectivity index (χ3v) is 3.38. The highest BCUT2D eigenvalue weighted by atomic mass is 19.4. The van der Waals surface area contributed by atoms with Crippen LogP contribution in [-0.2, 0) is 4.79 Å². The number of benzene rings is 2. The number of carboxylic acid groups (broad SMARTS) is 1. The minimum Gasteiger partial charge on any atom is -0.494 e. The van der Waals surface area contributed by atoms with Gasteiger partial charge in [-0.2, -0.15) is 0 Å². The lowest BCUT2D eigenvalue weighted by Crippen LogP contribution is -2.17. The first-order valence-electron chi connectivity index (χ1n) is 7.99. The van der Waals surface area contributed by atoms with E-state index in [9.17, 15) is 18.0 Å². The van der Waals surface area contributed by atoms with Crippen molar-refractivity contribution >= 4 is 11.5 Å². The summed E-state index contributed by atoms with van der Waals surface area (Å²) in [7, 11) is 0. The van der Waals surface area contributed by atoms with Gasteiger partial charge in [-0.15, -0.1) is 13.2 Å². The summed E-state index contributed by atoms with van der Waals surface area (Å²) >= 11 is 0. The molecule has 7 heteroatoms. The van der Waals surface area contributed by atoms with Crippen molar-refractivity contribution in [3.05, 3.63) is 77.9 Å². The topological polar surface area (TPSA) is 55.8 Å². The van der Waals surface area contributed by atoms with Crippen LogP contribution in [0.4, 0.5) is 13.2 Å². The number of hydrogen-bond donors (Lipinski definition) is 1. The van der Waals surface area contributed by atoms with E-state index in [-0.39, 0.29) is 5.75 Å². The number of halogens is 3. The standard InChI is InChI=1S/C20H17F3O4/c1-2-26-16-10-6-14(7-11-16)18(4-3-5-19(24)25)15-8-12-17(13-9-15)27-20(21,22)23/h3-13H,2H2,1H3,(H,24,25). The number of allylic oxidation sites excluding steroid dienone is 2. The predicted octanol–water partition coefficient (Wildman–Crippen LogP) is 5.06. The molecule has 0 aliphatic rings. The van der Waals surface area contributed by atoms with Gasteiger partial charge in [0.25, 0.3) is 0 Å². The normalized spacial score (nSPS) is 12.2. The van der Waals surface area contributed by atoms with Gasteiger partial charge in [-0.3, -0.25) is 0 Å². The van der Waals surface area contributed by atoms with E-state index in [2.05, 4.69) is 4.74 Å². The Kier molecular flexibility index (Phi) is 6.65. The summed E-state index contributed by atoms with van der Waals surface area (Å²) in [4.78, 5) is 10.7. The first-order valence-corrected chi connectivity index (χ1v) is 7.99. The van der Waals surface area contributed by atoms with Crippen LogP contribution in [0.1, 0.15) is 18.1 Å². The first-order chi connectivity index (χ1) is 12.8. The fraction of sp³-hybridized carbons (Fsp3) is 0.150. The molecular weight excluding hydrogens is 361 g/mol. The molecule has 2 aromatic rings. The third-order valence-electron chi connectivity index (χ3n) is 3.38. The monoisotopic (exact) mass is 378 g/mol. The molecule has 0 spiro atoms. The van der Waals surface area contributed by atoms with E-state index in [0.717, 1.165) is 11.6 Å². The van der Waals surface area contributed by atoms with Crippen LogP contribution in [0.15, 0.2) is 66.8 Å². The van der Waals surface area contributed by atoms with Crippen LogP contribution in [0.5, 0.6) is 11.5 Å². The first kappa shape index (κ1) is 20.1. The maximum Gasteiger partial charge on any atom is 0.573 e. The Morgan fingerprint density at radius 1 is 1.00 bits per heavy atom. The Morgan fingerprint density at radius 3 is 1.96 bits per heavy atom. The van der Waals surface area contributed by atoms with Crippen molar-refractivity contribution in [2.45, 2.75) is 13.3 Å². The fourth-order valence-corrected chi connectivity index (χ4v) is 2.32. The molecular formula is C20H17F3O4. The van der Waals surface area contributed by atoms with Crippen LogP contribution < -0.4 is 9.47 Å². The van der Waals surface area contributed by atoms with E-state index >= 15 is 0 Å². The molecule has 0 aliphatic heterocycles. The molecule has 0 amide bonds. The Morgan fingerprint density at radius 2 is 1.52 bits per heavy atom. The predicted molar refractivity (Wildman–Crippen MR) is 94.6 cm³/mol. The molecule has 27 heavy (non-hydrogen) atoms. The average molecular weight is 378 g/mol. The SMILES string of the molecule is CCOc1ccc(C(=CC=CC(=O)O)c2ccc(OC(F)(F)F)cc2)cc1. The van der Waals surface area contributed by atoms with Gasteiger partial charge in [-0.1, -0.05) is 36.4 Å². The molecule has 142 valence electrons. The maximum atomic E-state index is 12.3. The molecule has 0 unspecified atom stereocenters. The lowest BCUT2D eigenvalue weighted by Gasteiger charge is -2.12. The largest absolute Gasteiger partial charge is 0.573 e. The summed E-state index contributed by atoms with van der Waals surface area (Å²) in [6, 6.07) is 12.4. The summed E-state index contributed by atoms with van der Waals surface area (Å²) in [5.41, 5.74) is 1.98. The molecule has 0 radical (unpaired) electrons. The summed E-state index contributed by atoms with van der Waals surface area (Å²) in [6.45, 7) is 2.38. The number of alkyl halides is 3. The molecule has 0 atom stereocenters. The van der Waals surface area contributed by atoms with Crippen LogP contribution in [0.2, 0.25) is 0 Å². The van der Waals surface area contributed by atoms with Crippen LogP contribution in [0, 0.1) is 0 Å². The highest BCUT2D eigenvalue weighted by Gasteiger charge is 2.30. The number of rotatable bonds is 7. The van der Waals surface area contributed by atoms with Crippen molar-refractivity contribution < 1.29 is 32.5 Å². The molecule has 0 saturated heterocycles. The van der Waals surface area contributed by atoms with E-state index < -0.39 is 12.3 Å². The van der Waals surface area contributed by atoms with Gasteiger partial charge < -0.3 is 14.6 Å². The van der Waals surface area contributed by atoms with E-state index in [1.807, 2.05) is 6.92 Å². The number of carboxylic acids is 1. The molecule has 2 aromatic carbocycles. The number of carbonyl (C=O) groups is 1. The van der Waals surface area contributed by atoms with E-state index in [1.54, 1.807) is 30.3 Å². The minimum atomic E-state index is -4.76. The molecule has 2 rings (SSSR count). The van der Waals surface area contributed by atoms with Crippen molar-refractivity contribution in [1.29, 1.82) is 0 Å². The van der Waals surface area contributed by atoms with Crippen molar-refractivity contribution in [1.82, 2.24) is 0 Å². The van der Waals surface area contributed by atoms with Crippen molar-refractivity contribution in [3.8, 4) is 11.5 Å². The van der Waals surface area contributed by atoms with Crippen LogP contribution >= 0.6 is 0 Å². The Bertz CT molecular complexity index is 820. The number of aliphatic carboxylic acids is 1. The minimum absolute atomic E-state index is 0.335. The highest BCUT2D eigenvalue weighted by molar-refractivity contribution is 5.84. The zero-order valence-electron chi connectivity index (χ0n) is 14.4. The summed E-state index contributed by atoms with van der Waals surface area (Å²) in [5.74, 6) is -0.764. The summed E-state index contributed by atoms with van der Waals surface area (Å²) in [5, 5.41) is 8.75. The van der Waals surface area contributed by atoms with E-state index in [0.29, 0.717) is 23.5 Å². The van der Waals surface area contributed by atoms with Gasteiger partial charge in [0.05, 0.1) is 6.61 Å². The summed E-state index contributed by atoms with van der Waals surface area (Å²) in [6.07, 6.45) is -0.868. The van der Waals surface area contributed by atoms with Gasteiger partial charge in [0, 0.05) is 6.08 Å². The Hall–Kier alpha value is -3.22. The van der Waals surface area contributed by atoms with Gasteiger partial charge in [-0.05, 0) is 47.9 Å². The second-order valence-corrected chi connectivity index (χ2v) is 5.31. The van der Waals surface area contributed by atoms with Gasteiger partial charge in [-0.25, -0.2) is 4.79 Å². The second-order valence-electron chi connectivity index (χ2n) is 5.31. The zero-order valence-corrected chi connectivity index (χ0v) is 14.4. The van der Waals surface area contributed by atoms with Crippen LogP contribution in [0.25, 0.3) is 5.57 Å². The number of hydrogen-bond acceptors (Lipinski definition) is 3. The summed E-state index contributed by atoms with van der Waals surface area (Å²) < 4.78 is 46.2. The molecule has 4 nitrogen and oxygen atoms in total. The second kappa shape index (κ2) is 8.93. The lowest BCUT2D eigenvalue weighted by atomic mass is 9.97. The molecule has 0 bridgehead atoms.